The van der Waals surface area contributed by atoms with Crippen LogP contribution in [0, 0.1) is 13.8 Å². The van der Waals surface area contributed by atoms with Gasteiger partial charge in [0.25, 0.3) is 0 Å². The molecule has 1 nitrogen and oxygen atoms in total. The van der Waals surface area contributed by atoms with E-state index in [9.17, 15) is 13.2 Å². The molecule has 5 heteroatoms. The second kappa shape index (κ2) is 5.58. The minimum atomic E-state index is -4.34. The van der Waals surface area contributed by atoms with E-state index in [-0.39, 0.29) is 5.56 Å². The minimum absolute atomic E-state index is 0.267. The largest absolute Gasteiger partial charge is 0.416 e. The Hall–Kier alpha value is -1.33. The van der Waals surface area contributed by atoms with Crippen LogP contribution in [0.4, 0.5) is 13.2 Å². The number of rotatable bonds is 3. The summed E-state index contributed by atoms with van der Waals surface area (Å²) in [6, 6.07) is 7.24. The summed E-state index contributed by atoms with van der Waals surface area (Å²) in [5, 5.41) is 3.00. The van der Waals surface area contributed by atoms with Crippen LogP contribution in [0.3, 0.4) is 0 Å². The van der Waals surface area contributed by atoms with Crippen molar-refractivity contribution in [1.29, 1.82) is 0 Å². The van der Waals surface area contributed by atoms with Gasteiger partial charge in [0.2, 0.25) is 0 Å². The van der Waals surface area contributed by atoms with Gasteiger partial charge in [0.1, 0.15) is 0 Å². The molecule has 0 saturated carbocycles. The first-order chi connectivity index (χ1) is 9.34. The van der Waals surface area contributed by atoms with E-state index in [0.717, 1.165) is 21.4 Å². The highest BCUT2D eigenvalue weighted by molar-refractivity contribution is 7.12. The maximum absolute atomic E-state index is 13.1. The van der Waals surface area contributed by atoms with Gasteiger partial charge in [-0.25, -0.2) is 0 Å². The summed E-state index contributed by atoms with van der Waals surface area (Å²) >= 11 is 1.53. The molecule has 0 aliphatic rings. The Labute approximate surface area is 120 Å². The van der Waals surface area contributed by atoms with Gasteiger partial charge in [-0.2, -0.15) is 13.2 Å². The van der Waals surface area contributed by atoms with Gasteiger partial charge in [-0.3, -0.25) is 0 Å². The lowest BCUT2D eigenvalue weighted by Crippen LogP contribution is -2.21. The summed E-state index contributed by atoms with van der Waals surface area (Å²) in [6.07, 6.45) is -4.34. The van der Waals surface area contributed by atoms with Crippen molar-refractivity contribution >= 4 is 11.3 Å². The Balaban J connectivity index is 2.53. The van der Waals surface area contributed by atoms with E-state index in [0.29, 0.717) is 0 Å². The molecular weight excluding hydrogens is 283 g/mol. The van der Waals surface area contributed by atoms with Crippen LogP contribution in [-0.4, -0.2) is 7.05 Å². The predicted octanol–water partition coefficient (Wildman–Crippen LogP) is 4.69. The number of alkyl halides is 3. The summed E-state index contributed by atoms with van der Waals surface area (Å²) in [4.78, 5) is 2.03. The Morgan fingerprint density at radius 2 is 1.80 bits per heavy atom. The topological polar surface area (TPSA) is 12.0 Å². The van der Waals surface area contributed by atoms with Crippen molar-refractivity contribution < 1.29 is 13.2 Å². The lowest BCUT2D eigenvalue weighted by molar-refractivity contribution is -0.138. The second-order valence-corrected chi connectivity index (χ2v) is 5.98. The van der Waals surface area contributed by atoms with E-state index in [4.69, 9.17) is 0 Å². The molecule has 0 saturated heterocycles. The number of hydrogen-bond donors (Lipinski definition) is 1. The van der Waals surface area contributed by atoms with Crippen LogP contribution >= 0.6 is 11.3 Å². The van der Waals surface area contributed by atoms with Crippen LogP contribution in [0.25, 0.3) is 0 Å². The van der Waals surface area contributed by atoms with Crippen molar-refractivity contribution in [2.75, 3.05) is 7.05 Å². The molecule has 1 aromatic carbocycles. The fourth-order valence-corrected chi connectivity index (χ4v) is 3.37. The number of nitrogens with one attached hydrogen (secondary N) is 1. The Kier molecular flexibility index (Phi) is 4.20. The highest BCUT2D eigenvalue weighted by Gasteiger charge is 2.35. The molecule has 1 N–H and O–H groups in total. The number of thiophene rings is 1. The van der Waals surface area contributed by atoms with E-state index in [1.54, 1.807) is 13.1 Å². The molecule has 1 heterocycles. The van der Waals surface area contributed by atoms with Gasteiger partial charge in [-0.15, -0.1) is 11.3 Å². The Morgan fingerprint density at radius 3 is 2.30 bits per heavy atom. The second-order valence-electron chi connectivity index (χ2n) is 4.69. The van der Waals surface area contributed by atoms with Crippen LogP contribution in [-0.2, 0) is 6.18 Å². The standard InChI is InChI=1S/C15H16F3NS/c1-9-8-13(20-10(9)2)14(19-3)11-6-4-5-7-12(11)15(16,17)18/h4-8,14,19H,1-3H3. The average Bonchev–Trinajstić information content (AvgIpc) is 2.70. The summed E-state index contributed by atoms with van der Waals surface area (Å²) < 4.78 is 39.4. The molecule has 0 aliphatic heterocycles. The van der Waals surface area contributed by atoms with Gasteiger partial charge >= 0.3 is 6.18 Å². The number of halogens is 3. The Morgan fingerprint density at radius 1 is 1.15 bits per heavy atom. The average molecular weight is 299 g/mol. The smallest absolute Gasteiger partial charge is 0.309 e. The van der Waals surface area contributed by atoms with E-state index in [2.05, 4.69) is 5.32 Å². The first kappa shape index (κ1) is 15.1. The molecule has 1 unspecified atom stereocenters. The molecule has 0 aliphatic carbocycles. The molecule has 0 radical (unpaired) electrons. The molecule has 2 aromatic rings. The van der Waals surface area contributed by atoms with E-state index >= 15 is 0 Å². The van der Waals surface area contributed by atoms with Gasteiger partial charge in [-0.05, 0) is 44.2 Å². The third-order valence-corrected chi connectivity index (χ3v) is 4.55. The highest BCUT2D eigenvalue weighted by atomic mass is 32.1. The van der Waals surface area contributed by atoms with Crippen LogP contribution in [0.5, 0.6) is 0 Å². The zero-order valence-corrected chi connectivity index (χ0v) is 12.3. The third-order valence-electron chi connectivity index (χ3n) is 3.34. The van der Waals surface area contributed by atoms with Crippen molar-refractivity contribution in [3.05, 3.63) is 56.8 Å². The minimum Gasteiger partial charge on any atom is -0.309 e. The van der Waals surface area contributed by atoms with Gasteiger partial charge in [-0.1, -0.05) is 18.2 Å². The lowest BCUT2D eigenvalue weighted by atomic mass is 9.98. The normalized spacial score (nSPS) is 13.5. The number of benzene rings is 1. The van der Waals surface area contributed by atoms with Gasteiger partial charge in [0.15, 0.2) is 0 Å². The van der Waals surface area contributed by atoms with E-state index in [1.165, 1.54) is 23.5 Å². The maximum Gasteiger partial charge on any atom is 0.416 e. The highest BCUT2D eigenvalue weighted by Crippen LogP contribution is 2.38. The molecule has 20 heavy (non-hydrogen) atoms. The van der Waals surface area contributed by atoms with Crippen molar-refractivity contribution in [2.24, 2.45) is 0 Å². The van der Waals surface area contributed by atoms with Crippen molar-refractivity contribution in [2.45, 2.75) is 26.1 Å². The number of aryl methyl sites for hydroxylation is 2. The molecular formula is C15H16F3NS. The fraction of sp³-hybridized carbons (Fsp3) is 0.333. The number of hydrogen-bond acceptors (Lipinski definition) is 2. The molecule has 0 bridgehead atoms. The van der Waals surface area contributed by atoms with Crippen LogP contribution < -0.4 is 5.32 Å². The molecule has 0 amide bonds. The SMILES string of the molecule is CNC(c1cc(C)c(C)s1)c1ccccc1C(F)(F)F. The van der Waals surface area contributed by atoms with Crippen LogP contribution in [0.2, 0.25) is 0 Å². The fourth-order valence-electron chi connectivity index (χ4n) is 2.20. The zero-order valence-electron chi connectivity index (χ0n) is 11.5. The summed E-state index contributed by atoms with van der Waals surface area (Å²) in [5.41, 5.74) is 0.793. The Bertz CT molecular complexity index is 582. The van der Waals surface area contributed by atoms with Crippen molar-refractivity contribution in [1.82, 2.24) is 5.32 Å². The van der Waals surface area contributed by atoms with E-state index in [1.807, 2.05) is 19.9 Å². The third kappa shape index (κ3) is 2.88. The molecule has 0 fully saturated rings. The molecule has 1 atom stereocenters. The maximum atomic E-state index is 13.1. The molecule has 0 spiro atoms. The molecule has 1 aromatic heterocycles. The van der Waals surface area contributed by atoms with E-state index < -0.39 is 17.8 Å². The lowest BCUT2D eigenvalue weighted by Gasteiger charge is -2.20. The van der Waals surface area contributed by atoms with Crippen molar-refractivity contribution in [3.8, 4) is 0 Å². The predicted molar refractivity (Wildman–Crippen MR) is 76.1 cm³/mol. The summed E-state index contributed by atoms with van der Waals surface area (Å²) in [6.45, 7) is 3.95. The molecule has 108 valence electrons. The zero-order chi connectivity index (χ0) is 14.9. The summed E-state index contributed by atoms with van der Waals surface area (Å²) in [7, 11) is 1.68. The first-order valence-corrected chi connectivity index (χ1v) is 7.06. The van der Waals surface area contributed by atoms with Gasteiger partial charge < -0.3 is 5.32 Å². The van der Waals surface area contributed by atoms with Gasteiger partial charge in [0, 0.05) is 9.75 Å². The van der Waals surface area contributed by atoms with Gasteiger partial charge in [0.05, 0.1) is 11.6 Å². The summed E-state index contributed by atoms with van der Waals surface area (Å²) in [5.74, 6) is 0. The quantitative estimate of drug-likeness (QED) is 0.866. The monoisotopic (exact) mass is 299 g/mol. The molecule has 2 rings (SSSR count). The van der Waals surface area contributed by atoms with Crippen LogP contribution in [0.1, 0.15) is 32.5 Å². The van der Waals surface area contributed by atoms with Crippen LogP contribution in [0.15, 0.2) is 30.3 Å². The first-order valence-electron chi connectivity index (χ1n) is 6.25. The van der Waals surface area contributed by atoms with Crippen molar-refractivity contribution in [3.63, 3.8) is 0 Å².